The summed E-state index contributed by atoms with van der Waals surface area (Å²) in [4.78, 5) is 29.9. The number of hydrogen-bond acceptors (Lipinski definition) is 5. The quantitative estimate of drug-likeness (QED) is 0.733. The van der Waals surface area contributed by atoms with E-state index in [2.05, 4.69) is 15.6 Å². The van der Waals surface area contributed by atoms with Crippen LogP contribution in [0.25, 0.3) is 11.3 Å². The van der Waals surface area contributed by atoms with Gasteiger partial charge in [0.25, 0.3) is 5.91 Å². The molecule has 0 spiro atoms. The van der Waals surface area contributed by atoms with Gasteiger partial charge in [0.1, 0.15) is 0 Å². The minimum Gasteiger partial charge on any atom is -0.342 e. The summed E-state index contributed by atoms with van der Waals surface area (Å²) < 4.78 is 0. The number of thiazole rings is 1. The average Bonchev–Trinajstić information content (AvgIpc) is 3.23. The lowest BCUT2D eigenvalue weighted by atomic mass is 10.1. The molecule has 0 aliphatic rings. The summed E-state index contributed by atoms with van der Waals surface area (Å²) in [5.41, 5.74) is 1.87. The number of benzene rings is 1. The highest BCUT2D eigenvalue weighted by Crippen LogP contribution is 2.30. The van der Waals surface area contributed by atoms with Crippen molar-refractivity contribution in [3.8, 4) is 11.3 Å². The number of nitrogens with zero attached hydrogens (tertiary/aromatic N) is 1. The summed E-state index contributed by atoms with van der Waals surface area (Å²) in [7, 11) is 0. The third-order valence-corrected chi connectivity index (χ3v) is 5.00. The van der Waals surface area contributed by atoms with Crippen LogP contribution in [0.5, 0.6) is 0 Å². The van der Waals surface area contributed by atoms with E-state index in [1.165, 1.54) is 22.7 Å². The van der Waals surface area contributed by atoms with Crippen molar-refractivity contribution < 1.29 is 9.59 Å². The van der Waals surface area contributed by atoms with Crippen LogP contribution >= 0.6 is 22.7 Å². The Bertz CT molecular complexity index is 842. The van der Waals surface area contributed by atoms with Gasteiger partial charge in [-0.3, -0.25) is 9.59 Å². The number of carbonyl (C=O) groups excluding carboxylic acids is 2. The molecule has 0 saturated carbocycles. The Morgan fingerprint density at radius 2 is 1.92 bits per heavy atom. The number of aromatic nitrogens is 1. The lowest BCUT2D eigenvalue weighted by Gasteiger charge is -2.03. The van der Waals surface area contributed by atoms with Crippen LogP contribution in [-0.2, 0) is 4.79 Å². The molecule has 0 aliphatic carbocycles. The maximum absolute atomic E-state index is 12.0. The van der Waals surface area contributed by atoms with Crippen molar-refractivity contribution in [2.75, 3.05) is 11.9 Å². The zero-order chi connectivity index (χ0) is 16.9. The Kier molecular flexibility index (Phi) is 5.02. The van der Waals surface area contributed by atoms with Crippen molar-refractivity contribution in [3.63, 3.8) is 0 Å². The van der Waals surface area contributed by atoms with Crippen molar-refractivity contribution in [2.24, 2.45) is 0 Å². The summed E-state index contributed by atoms with van der Waals surface area (Å²) >= 11 is 2.75. The van der Waals surface area contributed by atoms with Crippen molar-refractivity contribution in [1.29, 1.82) is 0 Å². The van der Waals surface area contributed by atoms with Gasteiger partial charge in [0, 0.05) is 10.4 Å². The fourth-order valence-corrected chi connectivity index (χ4v) is 3.62. The molecule has 0 unspecified atom stereocenters. The van der Waals surface area contributed by atoms with E-state index >= 15 is 0 Å². The van der Waals surface area contributed by atoms with Gasteiger partial charge in [-0.1, -0.05) is 36.4 Å². The normalized spacial score (nSPS) is 10.4. The molecule has 0 radical (unpaired) electrons. The highest BCUT2D eigenvalue weighted by Gasteiger charge is 2.13. The van der Waals surface area contributed by atoms with E-state index < -0.39 is 0 Å². The lowest BCUT2D eigenvalue weighted by molar-refractivity contribution is -0.115. The number of hydrogen-bond donors (Lipinski definition) is 2. The molecular formula is C17H15N3O2S2. The minimum atomic E-state index is -0.298. The summed E-state index contributed by atoms with van der Waals surface area (Å²) in [6, 6.07) is 13.3. The maximum Gasteiger partial charge on any atom is 0.261 e. The molecule has 122 valence electrons. The van der Waals surface area contributed by atoms with Gasteiger partial charge >= 0.3 is 0 Å². The molecule has 2 heterocycles. The van der Waals surface area contributed by atoms with Crippen LogP contribution in [0.4, 0.5) is 5.13 Å². The molecule has 3 rings (SSSR count). The Hall–Kier alpha value is -2.51. The molecule has 5 nitrogen and oxygen atoms in total. The Balaban J connectivity index is 1.60. The van der Waals surface area contributed by atoms with E-state index in [4.69, 9.17) is 0 Å². The number of thiophene rings is 1. The highest BCUT2D eigenvalue weighted by atomic mass is 32.1. The largest absolute Gasteiger partial charge is 0.342 e. The molecule has 1 aromatic carbocycles. The van der Waals surface area contributed by atoms with Crippen LogP contribution in [0.2, 0.25) is 0 Å². The van der Waals surface area contributed by atoms with Gasteiger partial charge in [0.15, 0.2) is 5.13 Å². The number of aryl methyl sites for hydroxylation is 1. The first kappa shape index (κ1) is 16.4. The molecule has 0 aliphatic heterocycles. The third kappa shape index (κ3) is 3.87. The highest BCUT2D eigenvalue weighted by molar-refractivity contribution is 7.16. The first-order valence-electron chi connectivity index (χ1n) is 7.28. The van der Waals surface area contributed by atoms with E-state index in [0.29, 0.717) is 10.0 Å². The molecule has 2 N–H and O–H groups in total. The van der Waals surface area contributed by atoms with Crippen molar-refractivity contribution in [2.45, 2.75) is 6.92 Å². The molecule has 0 saturated heterocycles. The van der Waals surface area contributed by atoms with E-state index in [1.54, 1.807) is 12.1 Å². The van der Waals surface area contributed by atoms with E-state index in [0.717, 1.165) is 16.1 Å². The molecule has 3 aromatic rings. The minimum absolute atomic E-state index is 0.0873. The molecule has 2 amide bonds. The van der Waals surface area contributed by atoms with Crippen molar-refractivity contribution in [1.82, 2.24) is 10.3 Å². The molecule has 24 heavy (non-hydrogen) atoms. The molecule has 0 fully saturated rings. The Labute approximate surface area is 147 Å². The number of anilines is 1. The van der Waals surface area contributed by atoms with Gasteiger partial charge in [-0.25, -0.2) is 4.98 Å². The number of nitrogens with one attached hydrogen (secondary N) is 2. The zero-order valence-corrected chi connectivity index (χ0v) is 14.5. The van der Waals surface area contributed by atoms with Gasteiger partial charge in [-0.15, -0.1) is 22.7 Å². The molecular weight excluding hydrogens is 342 g/mol. The summed E-state index contributed by atoms with van der Waals surface area (Å²) in [5, 5.41) is 7.67. The third-order valence-electron chi connectivity index (χ3n) is 3.24. The second-order valence-electron chi connectivity index (χ2n) is 5.00. The fraction of sp³-hybridized carbons (Fsp3) is 0.118. The first-order valence-corrected chi connectivity index (χ1v) is 8.97. The smallest absolute Gasteiger partial charge is 0.261 e. The number of carbonyl (C=O) groups is 2. The van der Waals surface area contributed by atoms with E-state index in [1.807, 2.05) is 42.6 Å². The van der Waals surface area contributed by atoms with Crippen LogP contribution in [0, 0.1) is 6.92 Å². The van der Waals surface area contributed by atoms with Gasteiger partial charge in [0.05, 0.1) is 17.1 Å². The summed E-state index contributed by atoms with van der Waals surface area (Å²) in [6.45, 7) is 1.88. The first-order chi connectivity index (χ1) is 11.6. The predicted molar refractivity (Wildman–Crippen MR) is 97.6 cm³/mol. The number of rotatable bonds is 5. The van der Waals surface area contributed by atoms with E-state index in [-0.39, 0.29) is 18.4 Å². The summed E-state index contributed by atoms with van der Waals surface area (Å²) in [6.07, 6.45) is 0. The average molecular weight is 357 g/mol. The van der Waals surface area contributed by atoms with Crippen molar-refractivity contribution >= 4 is 39.6 Å². The maximum atomic E-state index is 12.0. The van der Waals surface area contributed by atoms with Gasteiger partial charge in [0.2, 0.25) is 5.91 Å². The summed E-state index contributed by atoms with van der Waals surface area (Å²) in [5.74, 6) is -0.547. The molecule has 0 bridgehead atoms. The molecule has 0 atom stereocenters. The van der Waals surface area contributed by atoms with Crippen LogP contribution < -0.4 is 10.6 Å². The van der Waals surface area contributed by atoms with E-state index in [9.17, 15) is 9.59 Å². The van der Waals surface area contributed by atoms with Gasteiger partial charge in [-0.2, -0.15) is 0 Å². The standard InChI is InChI=1S/C17H15N3O2S2/c1-11-15(12-6-3-2-4-7-12)20-17(24-11)19-14(21)10-18-16(22)13-8-5-9-23-13/h2-9H,10H2,1H3,(H,18,22)(H,19,20,21). The van der Waals surface area contributed by atoms with Crippen LogP contribution in [0.3, 0.4) is 0 Å². The molecule has 2 aromatic heterocycles. The predicted octanol–water partition coefficient (Wildman–Crippen LogP) is 3.55. The number of amides is 2. The van der Waals surface area contributed by atoms with Crippen LogP contribution in [0.1, 0.15) is 14.5 Å². The monoisotopic (exact) mass is 357 g/mol. The van der Waals surface area contributed by atoms with Crippen LogP contribution in [0.15, 0.2) is 47.8 Å². The second kappa shape index (κ2) is 7.37. The topological polar surface area (TPSA) is 71.1 Å². The lowest BCUT2D eigenvalue weighted by Crippen LogP contribution is -2.32. The molecule has 7 heteroatoms. The second-order valence-corrected chi connectivity index (χ2v) is 7.15. The fourth-order valence-electron chi connectivity index (χ4n) is 2.13. The Morgan fingerprint density at radius 1 is 1.12 bits per heavy atom. The van der Waals surface area contributed by atoms with Gasteiger partial charge < -0.3 is 10.6 Å². The zero-order valence-electron chi connectivity index (χ0n) is 12.9. The van der Waals surface area contributed by atoms with Crippen molar-refractivity contribution in [3.05, 3.63) is 57.6 Å². The Morgan fingerprint density at radius 3 is 2.62 bits per heavy atom. The SMILES string of the molecule is Cc1sc(NC(=O)CNC(=O)c2cccs2)nc1-c1ccccc1. The van der Waals surface area contributed by atoms with Crippen LogP contribution in [-0.4, -0.2) is 23.3 Å². The van der Waals surface area contributed by atoms with Gasteiger partial charge in [-0.05, 0) is 18.4 Å².